The van der Waals surface area contributed by atoms with Gasteiger partial charge in [-0.3, -0.25) is 0 Å². The molecule has 0 amide bonds. The molecular weight excluding hydrogens is 957 g/mol. The highest BCUT2D eigenvalue weighted by Crippen LogP contribution is 2.52. The second-order valence-corrected chi connectivity index (χ2v) is 11.9. The predicted octanol–water partition coefficient (Wildman–Crippen LogP) is 10.9. The monoisotopic (exact) mass is 947 g/mol. The van der Waals surface area contributed by atoms with Gasteiger partial charge in [-0.25, -0.2) is 5.32 Å². The maximum Gasteiger partial charge on any atom is 0.0945 e. The molecule has 0 saturated carbocycles. The van der Waals surface area contributed by atoms with E-state index in [-0.39, 0.29) is 0 Å². The molecule has 1 radical (unpaired) electrons. The van der Waals surface area contributed by atoms with E-state index >= 15 is 0 Å². The Balaban J connectivity index is 2.71. The first-order valence-electron chi connectivity index (χ1n) is 5.34. The van der Waals surface area contributed by atoms with Crippen LogP contribution in [0, 0.1) is 0 Å². The van der Waals surface area contributed by atoms with Crippen molar-refractivity contribution in [2.24, 2.45) is 0 Å². The summed E-state index contributed by atoms with van der Waals surface area (Å²) in [6, 6.07) is 0. The van der Waals surface area contributed by atoms with E-state index in [1.807, 2.05) is 0 Å². The van der Waals surface area contributed by atoms with Gasteiger partial charge in [0.2, 0.25) is 0 Å². The van der Waals surface area contributed by atoms with Crippen LogP contribution in [-0.4, -0.2) is 0 Å². The third kappa shape index (κ3) is 4.39. The summed E-state index contributed by atoms with van der Waals surface area (Å²) >= 11 is 35.6. The van der Waals surface area contributed by atoms with E-state index in [0.717, 1.165) is 56.1 Å². The fourth-order valence-electron chi connectivity index (χ4n) is 1.49. The Bertz CT molecular complexity index is 691. The van der Waals surface area contributed by atoms with Crippen molar-refractivity contribution in [3.8, 4) is 0 Å². The molecule has 11 heteroatoms. The normalized spacial score (nSPS) is 11.0. The quantitative estimate of drug-likeness (QED) is 0.210. The highest BCUT2D eigenvalue weighted by atomic mass is 79.9. The number of nitrogens with zero attached hydrogens (tertiary/aromatic N) is 1. The number of halogens is 10. The molecule has 2 aromatic carbocycles. The molecule has 0 bridgehead atoms. The van der Waals surface area contributed by atoms with Crippen molar-refractivity contribution in [1.29, 1.82) is 0 Å². The standard InChI is InChI=1S/C12Br10N/c13-1-3(15)7(19)11(8(20)4(1)16)23-12-9(21)5(17)2(14)6(18)10(12)22. The van der Waals surface area contributed by atoms with E-state index in [4.69, 9.17) is 5.32 Å². The molecule has 1 nitrogen and oxygen atoms in total. The zero-order valence-electron chi connectivity index (χ0n) is 10.2. The molecule has 0 aliphatic carbocycles. The zero-order chi connectivity index (χ0) is 17.6. The minimum absolute atomic E-state index is 0.745. The van der Waals surface area contributed by atoms with E-state index in [1.54, 1.807) is 0 Å². The largest absolute Gasteiger partial charge is 0.244 e. The van der Waals surface area contributed by atoms with Gasteiger partial charge >= 0.3 is 0 Å². The Morgan fingerprint density at radius 2 is 0.478 bits per heavy atom. The second-order valence-electron chi connectivity index (χ2n) is 3.95. The van der Waals surface area contributed by atoms with Crippen LogP contribution in [-0.2, 0) is 0 Å². The highest BCUT2D eigenvalue weighted by Gasteiger charge is 2.23. The van der Waals surface area contributed by atoms with Crippen LogP contribution in [0.5, 0.6) is 0 Å². The molecule has 2 rings (SSSR count). The van der Waals surface area contributed by atoms with Crippen molar-refractivity contribution < 1.29 is 0 Å². The molecule has 0 spiro atoms. The third-order valence-corrected chi connectivity index (χ3v) is 14.7. The number of hydrogen-bond donors (Lipinski definition) is 0. The summed E-state index contributed by atoms with van der Waals surface area (Å²) in [6.45, 7) is 0. The maximum absolute atomic E-state index is 4.82. The number of benzene rings is 2. The molecule has 23 heavy (non-hydrogen) atoms. The molecule has 0 fully saturated rings. The van der Waals surface area contributed by atoms with Gasteiger partial charge in [0, 0.05) is 26.8 Å². The van der Waals surface area contributed by atoms with Crippen molar-refractivity contribution in [3.05, 3.63) is 44.7 Å². The molecule has 0 aromatic heterocycles. The van der Waals surface area contributed by atoms with E-state index < -0.39 is 0 Å². The topological polar surface area (TPSA) is 14.1 Å². The smallest absolute Gasteiger partial charge is 0.0945 e. The number of rotatable bonds is 2. The van der Waals surface area contributed by atoms with E-state index in [2.05, 4.69) is 159 Å². The molecular formula is C12Br10N. The zero-order valence-corrected chi connectivity index (χ0v) is 26.1. The average molecular weight is 957 g/mol. The molecule has 0 atom stereocenters. The maximum atomic E-state index is 4.82. The van der Waals surface area contributed by atoms with Gasteiger partial charge in [0.1, 0.15) is 0 Å². The van der Waals surface area contributed by atoms with Gasteiger partial charge in [0.25, 0.3) is 0 Å². The molecule has 0 aliphatic heterocycles. The molecule has 0 N–H and O–H groups in total. The Kier molecular flexibility index (Phi) is 8.76. The van der Waals surface area contributed by atoms with Crippen molar-refractivity contribution in [1.82, 2.24) is 5.32 Å². The molecule has 0 heterocycles. The van der Waals surface area contributed by atoms with Gasteiger partial charge in [-0.05, 0) is 159 Å². The Labute approximate surface area is 217 Å². The van der Waals surface area contributed by atoms with Crippen LogP contribution in [0.2, 0.25) is 0 Å². The van der Waals surface area contributed by atoms with Crippen LogP contribution >= 0.6 is 159 Å². The first-order chi connectivity index (χ1) is 10.6. The van der Waals surface area contributed by atoms with Crippen molar-refractivity contribution in [2.75, 3.05) is 0 Å². The highest BCUT2D eigenvalue weighted by molar-refractivity contribution is 9.16. The second kappa shape index (κ2) is 9.03. The van der Waals surface area contributed by atoms with Crippen molar-refractivity contribution in [3.63, 3.8) is 0 Å². The van der Waals surface area contributed by atoms with Gasteiger partial charge < -0.3 is 0 Å². The van der Waals surface area contributed by atoms with Crippen LogP contribution in [0.15, 0.2) is 44.7 Å². The lowest BCUT2D eigenvalue weighted by Gasteiger charge is -2.17. The van der Waals surface area contributed by atoms with Crippen LogP contribution < -0.4 is 5.32 Å². The van der Waals surface area contributed by atoms with Gasteiger partial charge in [-0.15, -0.1) is 0 Å². The van der Waals surface area contributed by atoms with Gasteiger partial charge in [0.15, 0.2) is 0 Å². The van der Waals surface area contributed by atoms with Crippen LogP contribution in [0.1, 0.15) is 0 Å². The predicted molar refractivity (Wildman–Crippen MR) is 131 cm³/mol. The van der Waals surface area contributed by atoms with Gasteiger partial charge in [-0.1, -0.05) is 0 Å². The van der Waals surface area contributed by atoms with Crippen molar-refractivity contribution >= 4 is 171 Å². The third-order valence-electron chi connectivity index (χ3n) is 2.60. The fraction of sp³-hybridized carbons (Fsp3) is 0. The summed E-state index contributed by atoms with van der Waals surface area (Å²) in [5.74, 6) is 0. The summed E-state index contributed by atoms with van der Waals surface area (Å²) in [7, 11) is 0. The lowest BCUT2D eigenvalue weighted by molar-refractivity contribution is 1.13. The molecule has 2 aromatic rings. The van der Waals surface area contributed by atoms with Crippen LogP contribution in [0.4, 0.5) is 11.4 Å². The Morgan fingerprint density at radius 1 is 0.304 bits per heavy atom. The molecule has 0 saturated heterocycles. The Hall–Kier alpha value is 3.04. The lowest BCUT2D eigenvalue weighted by atomic mass is 10.2. The minimum Gasteiger partial charge on any atom is -0.244 e. The molecule has 123 valence electrons. The van der Waals surface area contributed by atoms with Crippen LogP contribution in [0.25, 0.3) is 0 Å². The summed E-state index contributed by atoms with van der Waals surface area (Å²) < 4.78 is 8.58. The van der Waals surface area contributed by atoms with Gasteiger partial charge in [-0.2, -0.15) is 0 Å². The molecule has 0 aliphatic rings. The summed E-state index contributed by atoms with van der Waals surface area (Å²) in [4.78, 5) is 0. The molecule has 0 unspecified atom stereocenters. The van der Waals surface area contributed by atoms with E-state index in [9.17, 15) is 0 Å². The lowest BCUT2D eigenvalue weighted by Crippen LogP contribution is -1.98. The number of hydrogen-bond acceptors (Lipinski definition) is 0. The minimum atomic E-state index is 0.745. The van der Waals surface area contributed by atoms with Gasteiger partial charge in [0.05, 0.1) is 29.3 Å². The SMILES string of the molecule is Brc1c(Br)c(Br)c([N]c2c(Br)c(Br)c(Br)c(Br)c2Br)c(Br)c1Br. The van der Waals surface area contributed by atoms with Crippen LogP contribution in [0.3, 0.4) is 0 Å². The fourth-order valence-corrected chi connectivity index (χ4v) is 7.90. The summed E-state index contributed by atoms with van der Waals surface area (Å²) in [5, 5.41) is 4.82. The summed E-state index contributed by atoms with van der Waals surface area (Å²) in [5.41, 5.74) is 1.49. The first kappa shape index (κ1) is 22.3. The van der Waals surface area contributed by atoms with E-state index in [1.165, 1.54) is 0 Å². The first-order valence-corrected chi connectivity index (χ1v) is 13.3. The van der Waals surface area contributed by atoms with E-state index in [0.29, 0.717) is 0 Å². The Morgan fingerprint density at radius 3 is 0.696 bits per heavy atom. The average Bonchev–Trinajstić information content (AvgIpc) is 2.54. The van der Waals surface area contributed by atoms with Crippen molar-refractivity contribution in [2.45, 2.75) is 0 Å². The summed E-state index contributed by atoms with van der Waals surface area (Å²) in [6.07, 6.45) is 0.